The number of sulfonamides is 1. The predicted molar refractivity (Wildman–Crippen MR) is 125 cm³/mol. The molecule has 0 atom stereocenters. The molecular weight excluding hydrogens is 482 g/mol. The summed E-state index contributed by atoms with van der Waals surface area (Å²) in [5.41, 5.74) is 7.32. The number of nitrogens with two attached hydrogens (primary N) is 1. The van der Waals surface area contributed by atoms with Gasteiger partial charge in [0.1, 0.15) is 11.6 Å². The van der Waals surface area contributed by atoms with Gasteiger partial charge in [-0.3, -0.25) is 0 Å². The van der Waals surface area contributed by atoms with Crippen LogP contribution in [0.1, 0.15) is 25.7 Å². The first-order valence-electron chi connectivity index (χ1n) is 10.1. The Bertz CT molecular complexity index is 1190. The molecule has 9 nitrogen and oxygen atoms in total. The Morgan fingerprint density at radius 2 is 1.94 bits per heavy atom. The fourth-order valence-electron chi connectivity index (χ4n) is 3.66. The summed E-state index contributed by atoms with van der Waals surface area (Å²) in [5.74, 6) is 1.40. The van der Waals surface area contributed by atoms with E-state index in [1.165, 1.54) is 18.4 Å². The number of fused-ring (bicyclic) bond motifs is 1. The molecule has 11 heteroatoms. The monoisotopic (exact) mass is 507 g/mol. The minimum absolute atomic E-state index is 0.214. The number of nitrogens with one attached hydrogen (secondary N) is 2. The zero-order chi connectivity index (χ0) is 22.2. The van der Waals surface area contributed by atoms with E-state index in [1.54, 1.807) is 28.9 Å². The Morgan fingerprint density at radius 3 is 2.65 bits per heavy atom. The Morgan fingerprint density at radius 1 is 1.19 bits per heavy atom. The largest absolute Gasteiger partial charge is 0.367 e. The lowest BCUT2D eigenvalue weighted by Crippen LogP contribution is -2.33. The van der Waals surface area contributed by atoms with Crippen LogP contribution in [-0.2, 0) is 10.0 Å². The third kappa shape index (κ3) is 4.69. The Kier molecular flexibility index (Phi) is 6.20. The van der Waals surface area contributed by atoms with E-state index >= 15 is 0 Å². The molecule has 1 aromatic carbocycles. The average molecular weight is 508 g/mol. The molecule has 2 heterocycles. The number of benzene rings is 1. The number of rotatable bonds is 6. The van der Waals surface area contributed by atoms with E-state index in [0.29, 0.717) is 23.2 Å². The van der Waals surface area contributed by atoms with E-state index in [1.807, 2.05) is 12.1 Å². The fraction of sp³-hybridized carbons (Fsp3) is 0.400. The second-order valence-electron chi connectivity index (χ2n) is 7.95. The normalized spacial score (nSPS) is 19.6. The minimum Gasteiger partial charge on any atom is -0.367 e. The third-order valence-electron chi connectivity index (χ3n) is 5.44. The van der Waals surface area contributed by atoms with Crippen molar-refractivity contribution in [2.75, 3.05) is 24.7 Å². The van der Waals surface area contributed by atoms with E-state index in [4.69, 9.17) is 10.7 Å². The number of hydrogen-bond donors (Lipinski definition) is 3. The molecule has 0 amide bonds. The number of hydrogen-bond acceptors (Lipinski definition) is 7. The lowest BCUT2D eigenvalue weighted by molar-refractivity contribution is 0.410. The molecule has 2 aromatic heterocycles. The summed E-state index contributed by atoms with van der Waals surface area (Å²) in [6.07, 6.45) is 5.68. The van der Waals surface area contributed by atoms with Gasteiger partial charge in [0, 0.05) is 37.9 Å². The van der Waals surface area contributed by atoms with Gasteiger partial charge in [-0.15, -0.1) is 0 Å². The molecule has 166 valence electrons. The molecule has 0 unspecified atom stereocenters. The van der Waals surface area contributed by atoms with Crippen molar-refractivity contribution in [3.63, 3.8) is 0 Å². The summed E-state index contributed by atoms with van der Waals surface area (Å²) >= 11 is 3.50. The number of aromatic nitrogens is 3. The van der Waals surface area contributed by atoms with E-state index in [0.717, 1.165) is 36.0 Å². The van der Waals surface area contributed by atoms with Crippen LogP contribution >= 0.6 is 15.9 Å². The van der Waals surface area contributed by atoms with Crippen molar-refractivity contribution in [2.45, 2.75) is 42.7 Å². The van der Waals surface area contributed by atoms with Crippen molar-refractivity contribution in [2.24, 2.45) is 5.73 Å². The fourth-order valence-corrected chi connectivity index (χ4v) is 4.96. The topological polar surface area (TPSA) is 118 Å². The molecule has 31 heavy (non-hydrogen) atoms. The van der Waals surface area contributed by atoms with Crippen LogP contribution in [-0.4, -0.2) is 53.5 Å². The molecule has 1 saturated carbocycles. The van der Waals surface area contributed by atoms with Crippen LogP contribution in [0.15, 0.2) is 45.9 Å². The molecule has 4 N–H and O–H groups in total. The summed E-state index contributed by atoms with van der Waals surface area (Å²) < 4.78 is 28.6. The molecule has 1 aliphatic rings. The van der Waals surface area contributed by atoms with Gasteiger partial charge in [0.25, 0.3) is 0 Å². The van der Waals surface area contributed by atoms with Crippen molar-refractivity contribution >= 4 is 48.9 Å². The van der Waals surface area contributed by atoms with Crippen molar-refractivity contribution in [1.82, 2.24) is 18.9 Å². The summed E-state index contributed by atoms with van der Waals surface area (Å²) in [5, 5.41) is 11.2. The van der Waals surface area contributed by atoms with Crippen LogP contribution in [0.4, 0.5) is 17.3 Å². The smallest absolute Gasteiger partial charge is 0.242 e. The molecule has 0 bridgehead atoms. The molecular formula is C20H26BrN7O2S. The van der Waals surface area contributed by atoms with Crippen LogP contribution in [0, 0.1) is 0 Å². The van der Waals surface area contributed by atoms with Gasteiger partial charge >= 0.3 is 0 Å². The van der Waals surface area contributed by atoms with Gasteiger partial charge in [-0.05, 0) is 59.8 Å². The highest BCUT2D eigenvalue weighted by Crippen LogP contribution is 2.28. The average Bonchev–Trinajstić information content (AvgIpc) is 3.11. The highest BCUT2D eigenvalue weighted by molar-refractivity contribution is 9.10. The first-order chi connectivity index (χ1) is 14.7. The summed E-state index contributed by atoms with van der Waals surface area (Å²) in [4.78, 5) is 4.91. The molecule has 0 spiro atoms. The maximum atomic E-state index is 12.5. The zero-order valence-electron chi connectivity index (χ0n) is 17.4. The first kappa shape index (κ1) is 22.0. The molecule has 0 saturated heterocycles. The number of nitrogens with zero attached hydrogens (tertiary/aromatic N) is 4. The van der Waals surface area contributed by atoms with Crippen LogP contribution in [0.3, 0.4) is 0 Å². The lowest BCUT2D eigenvalue weighted by atomic mass is 9.92. The maximum Gasteiger partial charge on any atom is 0.242 e. The van der Waals surface area contributed by atoms with Crippen LogP contribution in [0.25, 0.3) is 5.65 Å². The van der Waals surface area contributed by atoms with Crippen LogP contribution in [0.5, 0.6) is 0 Å². The van der Waals surface area contributed by atoms with E-state index < -0.39 is 10.0 Å². The van der Waals surface area contributed by atoms with E-state index in [9.17, 15) is 8.42 Å². The quantitative estimate of drug-likeness (QED) is 0.468. The zero-order valence-corrected chi connectivity index (χ0v) is 19.8. The molecule has 3 aromatic rings. The standard InChI is InChI=1S/C20H26BrN7O2S/c1-27(2)31(29,30)16-5-3-4-15(10-16)25-19-11-18(24-14-8-6-13(22)7-9-14)26-20-17(21)12-23-28(19)20/h3-5,10-14,25H,6-9,22H2,1-2H3,(H,24,26). The molecule has 0 radical (unpaired) electrons. The maximum absolute atomic E-state index is 12.5. The molecule has 1 fully saturated rings. The van der Waals surface area contributed by atoms with E-state index in [-0.39, 0.29) is 10.9 Å². The van der Waals surface area contributed by atoms with Crippen LogP contribution < -0.4 is 16.4 Å². The van der Waals surface area contributed by atoms with Gasteiger partial charge in [0.2, 0.25) is 10.0 Å². The first-order valence-corrected chi connectivity index (χ1v) is 12.3. The number of halogens is 1. The second kappa shape index (κ2) is 8.73. The van der Waals surface area contributed by atoms with Gasteiger partial charge < -0.3 is 16.4 Å². The Labute approximate surface area is 190 Å². The Balaban J connectivity index is 1.66. The van der Waals surface area contributed by atoms with Crippen molar-refractivity contribution in [3.8, 4) is 0 Å². The molecule has 4 rings (SSSR count). The summed E-state index contributed by atoms with van der Waals surface area (Å²) in [6, 6.07) is 9.19. The second-order valence-corrected chi connectivity index (χ2v) is 11.0. The van der Waals surface area contributed by atoms with Crippen molar-refractivity contribution < 1.29 is 8.42 Å². The Hall–Kier alpha value is -2.21. The van der Waals surface area contributed by atoms with Gasteiger partial charge in [-0.25, -0.2) is 17.7 Å². The van der Waals surface area contributed by atoms with Crippen LogP contribution in [0.2, 0.25) is 0 Å². The SMILES string of the molecule is CN(C)S(=O)(=O)c1cccc(Nc2cc(NC3CCC(N)CC3)nc3c(Br)cnn23)c1. The molecule has 1 aliphatic carbocycles. The lowest BCUT2D eigenvalue weighted by Gasteiger charge is -2.27. The van der Waals surface area contributed by atoms with Gasteiger partial charge in [-0.1, -0.05) is 6.07 Å². The van der Waals surface area contributed by atoms with Gasteiger partial charge in [0.15, 0.2) is 5.65 Å². The van der Waals surface area contributed by atoms with E-state index in [2.05, 4.69) is 31.7 Å². The highest BCUT2D eigenvalue weighted by atomic mass is 79.9. The van der Waals surface area contributed by atoms with Crippen molar-refractivity contribution in [3.05, 3.63) is 41.0 Å². The minimum atomic E-state index is -3.53. The summed E-state index contributed by atoms with van der Waals surface area (Å²) in [7, 11) is -0.507. The third-order valence-corrected chi connectivity index (χ3v) is 7.81. The predicted octanol–water partition coefficient (Wildman–Crippen LogP) is 3.17. The van der Waals surface area contributed by atoms with Gasteiger partial charge in [-0.2, -0.15) is 9.61 Å². The highest BCUT2D eigenvalue weighted by Gasteiger charge is 2.20. The van der Waals surface area contributed by atoms with Gasteiger partial charge in [0.05, 0.1) is 15.6 Å². The molecule has 0 aliphatic heterocycles. The summed E-state index contributed by atoms with van der Waals surface area (Å²) in [6.45, 7) is 0. The van der Waals surface area contributed by atoms with Crippen molar-refractivity contribution in [1.29, 1.82) is 0 Å². The number of anilines is 3.